The van der Waals surface area contributed by atoms with Crippen molar-refractivity contribution in [3.8, 4) is 5.75 Å². The summed E-state index contributed by atoms with van der Waals surface area (Å²) in [4.78, 5) is 11.7. The number of carboxylic acid groups (broad SMARTS) is 1. The average Bonchev–Trinajstić information content (AvgIpc) is 2.88. The molecule has 1 N–H and O–H groups in total. The summed E-state index contributed by atoms with van der Waals surface area (Å²) in [5.41, 5.74) is 1.03. The van der Waals surface area contributed by atoms with Gasteiger partial charge in [0.1, 0.15) is 5.75 Å². The van der Waals surface area contributed by atoms with Crippen LogP contribution < -0.4 is 4.74 Å². The Kier molecular flexibility index (Phi) is 4.04. The molecule has 104 valence electrons. The quantitative estimate of drug-likeness (QED) is 0.913. The number of carboxylic acids is 1. The molecule has 19 heavy (non-hydrogen) atoms. The fraction of sp³-hybridized carbons (Fsp3) is 0.533. The molecule has 4 heteroatoms. The van der Waals surface area contributed by atoms with Crippen molar-refractivity contribution in [1.29, 1.82) is 0 Å². The molecule has 0 radical (unpaired) electrons. The van der Waals surface area contributed by atoms with Crippen LogP contribution in [0.15, 0.2) is 12.1 Å². The highest BCUT2D eigenvalue weighted by Crippen LogP contribution is 2.44. The lowest BCUT2D eigenvalue weighted by molar-refractivity contribution is -0.143. The zero-order valence-corrected chi connectivity index (χ0v) is 12.1. The third-order valence-electron chi connectivity index (χ3n) is 4.12. The summed E-state index contributed by atoms with van der Waals surface area (Å²) in [6.45, 7) is 2.01. The van der Waals surface area contributed by atoms with E-state index in [-0.39, 0.29) is 0 Å². The summed E-state index contributed by atoms with van der Waals surface area (Å²) in [7, 11) is 1.59. The van der Waals surface area contributed by atoms with Crippen LogP contribution in [0.2, 0.25) is 5.02 Å². The van der Waals surface area contributed by atoms with E-state index in [4.69, 9.17) is 16.3 Å². The molecular weight excluding hydrogens is 264 g/mol. The Morgan fingerprint density at radius 3 is 2.53 bits per heavy atom. The van der Waals surface area contributed by atoms with Gasteiger partial charge in [-0.15, -0.1) is 0 Å². The number of hydrogen-bond donors (Lipinski definition) is 1. The lowest BCUT2D eigenvalue weighted by Crippen LogP contribution is -2.32. The van der Waals surface area contributed by atoms with Crippen molar-refractivity contribution in [2.45, 2.75) is 44.4 Å². The van der Waals surface area contributed by atoms with Crippen LogP contribution in [0.4, 0.5) is 0 Å². The van der Waals surface area contributed by atoms with Gasteiger partial charge < -0.3 is 9.84 Å². The Morgan fingerprint density at radius 1 is 1.42 bits per heavy atom. The number of halogens is 1. The minimum atomic E-state index is -0.764. The van der Waals surface area contributed by atoms with Crippen LogP contribution in [0.5, 0.6) is 5.75 Å². The number of methoxy groups -OCH3 is 1. The molecule has 1 fully saturated rings. The highest BCUT2D eigenvalue weighted by molar-refractivity contribution is 6.32. The maximum Gasteiger partial charge on any atom is 0.314 e. The first-order chi connectivity index (χ1) is 9.05. The van der Waals surface area contributed by atoms with Gasteiger partial charge in [-0.3, -0.25) is 4.79 Å². The minimum Gasteiger partial charge on any atom is -0.495 e. The Bertz CT molecular complexity index is 490. The van der Waals surface area contributed by atoms with Gasteiger partial charge in [-0.2, -0.15) is 0 Å². The van der Waals surface area contributed by atoms with E-state index in [0.29, 0.717) is 23.6 Å². The lowest BCUT2D eigenvalue weighted by Gasteiger charge is -2.26. The number of ether oxygens (including phenoxy) is 1. The first-order valence-corrected chi connectivity index (χ1v) is 7.03. The second-order valence-corrected chi connectivity index (χ2v) is 5.51. The fourth-order valence-electron chi connectivity index (χ4n) is 3.02. The van der Waals surface area contributed by atoms with Crippen molar-refractivity contribution in [3.05, 3.63) is 28.3 Å². The standard InChI is InChI=1S/C15H19ClO3/c1-3-10-8-11(9-12(16)13(10)19-2)15(14(17)18)6-4-5-7-15/h8-9H,3-7H2,1-2H3,(H,17,18). The van der Waals surface area contributed by atoms with E-state index >= 15 is 0 Å². The van der Waals surface area contributed by atoms with Crippen LogP contribution in [-0.4, -0.2) is 18.2 Å². The second-order valence-electron chi connectivity index (χ2n) is 5.10. The first kappa shape index (κ1) is 14.2. The van der Waals surface area contributed by atoms with Gasteiger partial charge in [0.15, 0.2) is 0 Å². The summed E-state index contributed by atoms with van der Waals surface area (Å²) in [5.74, 6) is -0.0836. The molecule has 1 aromatic rings. The maximum absolute atomic E-state index is 11.7. The van der Waals surface area contributed by atoms with Crippen molar-refractivity contribution in [2.24, 2.45) is 0 Å². The zero-order chi connectivity index (χ0) is 14.0. The Morgan fingerprint density at radius 2 is 2.05 bits per heavy atom. The predicted octanol–water partition coefficient (Wildman–Crippen LogP) is 3.81. The van der Waals surface area contributed by atoms with Gasteiger partial charge >= 0.3 is 5.97 Å². The molecule has 0 unspecified atom stereocenters. The molecule has 0 aliphatic heterocycles. The first-order valence-electron chi connectivity index (χ1n) is 6.65. The molecule has 1 aliphatic carbocycles. The largest absolute Gasteiger partial charge is 0.495 e. The van der Waals surface area contributed by atoms with E-state index in [9.17, 15) is 9.90 Å². The molecule has 1 saturated carbocycles. The van der Waals surface area contributed by atoms with Crippen LogP contribution in [0.1, 0.15) is 43.7 Å². The molecule has 0 saturated heterocycles. The van der Waals surface area contributed by atoms with Crippen molar-refractivity contribution >= 4 is 17.6 Å². The fourth-order valence-corrected chi connectivity index (χ4v) is 3.34. The Balaban J connectivity index is 2.56. The molecule has 0 atom stereocenters. The van der Waals surface area contributed by atoms with E-state index in [1.54, 1.807) is 13.2 Å². The van der Waals surface area contributed by atoms with Crippen molar-refractivity contribution < 1.29 is 14.6 Å². The predicted molar refractivity (Wildman–Crippen MR) is 75.2 cm³/mol. The number of benzene rings is 1. The zero-order valence-electron chi connectivity index (χ0n) is 11.3. The van der Waals surface area contributed by atoms with Gasteiger partial charge in [-0.1, -0.05) is 37.4 Å². The number of carbonyl (C=O) groups is 1. The van der Waals surface area contributed by atoms with Gasteiger partial charge in [-0.05, 0) is 36.5 Å². The molecule has 1 aliphatic rings. The lowest BCUT2D eigenvalue weighted by atomic mass is 9.78. The molecule has 0 amide bonds. The van der Waals surface area contributed by atoms with Crippen LogP contribution in [0, 0.1) is 0 Å². The van der Waals surface area contributed by atoms with E-state index in [1.807, 2.05) is 13.0 Å². The third kappa shape index (κ3) is 2.32. The number of rotatable bonds is 4. The molecule has 2 rings (SSSR count). The van der Waals surface area contributed by atoms with E-state index < -0.39 is 11.4 Å². The maximum atomic E-state index is 11.7. The topological polar surface area (TPSA) is 46.5 Å². The molecule has 1 aromatic carbocycles. The van der Waals surface area contributed by atoms with Crippen LogP contribution >= 0.6 is 11.6 Å². The summed E-state index contributed by atoms with van der Waals surface area (Å²) in [6, 6.07) is 3.71. The van der Waals surface area contributed by atoms with Gasteiger partial charge in [0, 0.05) is 0 Å². The van der Waals surface area contributed by atoms with E-state index in [2.05, 4.69) is 0 Å². The summed E-state index contributed by atoms with van der Waals surface area (Å²) >= 11 is 6.24. The molecular formula is C15H19ClO3. The molecule has 0 spiro atoms. The second kappa shape index (κ2) is 5.41. The van der Waals surface area contributed by atoms with Gasteiger partial charge in [-0.25, -0.2) is 0 Å². The number of aryl methyl sites for hydroxylation is 1. The number of hydrogen-bond acceptors (Lipinski definition) is 2. The van der Waals surface area contributed by atoms with Crippen molar-refractivity contribution in [2.75, 3.05) is 7.11 Å². The summed E-state index contributed by atoms with van der Waals surface area (Å²) < 4.78 is 5.30. The Labute approximate surface area is 118 Å². The average molecular weight is 283 g/mol. The molecule has 0 aromatic heterocycles. The smallest absolute Gasteiger partial charge is 0.314 e. The normalized spacial score (nSPS) is 17.4. The monoisotopic (exact) mass is 282 g/mol. The summed E-state index contributed by atoms with van der Waals surface area (Å²) in [6.07, 6.45) is 4.06. The minimum absolute atomic E-state index is 0.504. The third-order valence-corrected chi connectivity index (χ3v) is 4.41. The van der Waals surface area contributed by atoms with Crippen LogP contribution in [0.25, 0.3) is 0 Å². The van der Waals surface area contributed by atoms with Crippen LogP contribution in [-0.2, 0) is 16.6 Å². The van der Waals surface area contributed by atoms with Crippen LogP contribution in [0.3, 0.4) is 0 Å². The number of aliphatic carboxylic acids is 1. The van der Waals surface area contributed by atoms with Gasteiger partial charge in [0.25, 0.3) is 0 Å². The van der Waals surface area contributed by atoms with E-state index in [1.165, 1.54) is 0 Å². The van der Waals surface area contributed by atoms with Gasteiger partial charge in [0.2, 0.25) is 0 Å². The molecule has 3 nitrogen and oxygen atoms in total. The molecule has 0 bridgehead atoms. The van der Waals surface area contributed by atoms with Crippen molar-refractivity contribution in [1.82, 2.24) is 0 Å². The van der Waals surface area contributed by atoms with E-state index in [0.717, 1.165) is 30.4 Å². The SMILES string of the molecule is CCc1cc(C2(C(=O)O)CCCC2)cc(Cl)c1OC. The summed E-state index contributed by atoms with van der Waals surface area (Å²) in [5, 5.41) is 10.1. The van der Waals surface area contributed by atoms with Gasteiger partial charge in [0.05, 0.1) is 17.5 Å². The Hall–Kier alpha value is -1.22. The molecule has 0 heterocycles. The van der Waals surface area contributed by atoms with Crippen molar-refractivity contribution in [3.63, 3.8) is 0 Å². The highest BCUT2D eigenvalue weighted by Gasteiger charge is 2.43. The highest BCUT2D eigenvalue weighted by atomic mass is 35.5.